The van der Waals surface area contributed by atoms with E-state index in [1.807, 2.05) is 0 Å². The van der Waals surface area contributed by atoms with Gasteiger partial charge in [0.2, 0.25) is 5.91 Å². The number of halogens is 6. The van der Waals surface area contributed by atoms with Crippen molar-refractivity contribution < 1.29 is 39.9 Å². The monoisotopic (exact) mass is 464 g/mol. The molecular formula is C14H10ClF5N2O4S2. The van der Waals surface area contributed by atoms with Crippen LogP contribution in [-0.2, 0) is 14.8 Å². The fraction of sp³-hybridized carbons (Fsp3) is 0.286. The molecule has 14 heteroatoms. The lowest BCUT2D eigenvalue weighted by molar-refractivity contribution is -0.117. The van der Waals surface area contributed by atoms with Gasteiger partial charge in [-0.15, -0.1) is 0 Å². The third kappa shape index (κ3) is 4.52. The number of alkyl halides is 5. The summed E-state index contributed by atoms with van der Waals surface area (Å²) in [6.07, 6.45) is -3.37. The molecule has 1 aromatic heterocycles. The molecule has 6 nitrogen and oxygen atoms in total. The lowest BCUT2D eigenvalue weighted by Gasteiger charge is -2.23. The maximum Gasteiger partial charge on any atom is 0.517 e. The highest BCUT2D eigenvalue weighted by atomic mass is 35.5. The molecule has 0 N–H and O–H groups in total. The van der Waals surface area contributed by atoms with Crippen molar-refractivity contribution in [2.75, 3.05) is 4.31 Å². The molecule has 0 unspecified atom stereocenters. The van der Waals surface area contributed by atoms with Gasteiger partial charge >= 0.3 is 15.5 Å². The predicted octanol–water partition coefficient (Wildman–Crippen LogP) is 5.12. The van der Waals surface area contributed by atoms with Gasteiger partial charge in [-0.2, -0.15) is 30.9 Å². The van der Waals surface area contributed by atoms with Crippen molar-refractivity contribution in [3.05, 3.63) is 34.3 Å². The van der Waals surface area contributed by atoms with Gasteiger partial charge in [0.1, 0.15) is 10.6 Å². The third-order valence-corrected chi connectivity index (χ3v) is 5.95. The molecule has 2 rings (SSSR count). The Bertz CT molecular complexity index is 961. The van der Waals surface area contributed by atoms with E-state index in [1.54, 1.807) is 0 Å². The number of thiazole rings is 1. The normalized spacial score (nSPS) is 12.3. The molecule has 0 aliphatic rings. The number of aromatic nitrogens is 1. The first kappa shape index (κ1) is 22.3. The van der Waals surface area contributed by atoms with Crippen LogP contribution in [0.25, 0.3) is 0 Å². The lowest BCUT2D eigenvalue weighted by Crippen LogP contribution is -2.44. The van der Waals surface area contributed by atoms with Crippen LogP contribution in [0, 0.1) is 0 Å². The van der Waals surface area contributed by atoms with E-state index in [1.165, 1.54) is 6.92 Å². The summed E-state index contributed by atoms with van der Waals surface area (Å²) in [7, 11) is -5.95. The van der Waals surface area contributed by atoms with Crippen LogP contribution in [0.2, 0.25) is 5.15 Å². The Kier molecular flexibility index (Phi) is 6.51. The van der Waals surface area contributed by atoms with Crippen molar-refractivity contribution in [3.8, 4) is 10.9 Å². The van der Waals surface area contributed by atoms with Crippen LogP contribution in [0.4, 0.5) is 27.6 Å². The van der Waals surface area contributed by atoms with Gasteiger partial charge in [-0.05, 0) is 24.3 Å². The van der Waals surface area contributed by atoms with E-state index in [0.29, 0.717) is 11.3 Å². The Hall–Kier alpha value is -1.99. The molecule has 0 radical (unpaired) electrons. The van der Waals surface area contributed by atoms with Crippen molar-refractivity contribution in [1.29, 1.82) is 0 Å². The lowest BCUT2D eigenvalue weighted by atomic mass is 10.3. The number of benzene rings is 1. The number of nitrogens with zero attached hydrogens (tertiary/aromatic N) is 2. The average Bonchev–Trinajstić information content (AvgIpc) is 2.95. The van der Waals surface area contributed by atoms with E-state index >= 15 is 0 Å². The first-order valence-corrected chi connectivity index (χ1v) is 9.88. The molecule has 0 fully saturated rings. The first-order valence-electron chi connectivity index (χ1n) is 7.25. The Morgan fingerprint density at radius 2 is 1.86 bits per heavy atom. The van der Waals surface area contributed by atoms with Gasteiger partial charge < -0.3 is 4.74 Å². The van der Waals surface area contributed by atoms with Gasteiger partial charge in [0.05, 0.1) is 5.69 Å². The second kappa shape index (κ2) is 8.17. The summed E-state index contributed by atoms with van der Waals surface area (Å²) in [6, 6.07) is 3.90. The second-order valence-corrected chi connectivity index (χ2v) is 8.12. The predicted molar refractivity (Wildman–Crippen MR) is 91.3 cm³/mol. The van der Waals surface area contributed by atoms with E-state index < -0.39 is 50.0 Å². The highest BCUT2D eigenvalue weighted by Gasteiger charge is 2.52. The summed E-state index contributed by atoms with van der Waals surface area (Å²) < 4.78 is 92.1. The van der Waals surface area contributed by atoms with Crippen LogP contribution in [0.1, 0.15) is 24.6 Å². The molecule has 2 aromatic rings. The fourth-order valence-electron chi connectivity index (χ4n) is 1.89. The molecule has 0 atom stereocenters. The summed E-state index contributed by atoms with van der Waals surface area (Å²) >= 11 is 6.00. The maximum absolute atomic E-state index is 12.9. The van der Waals surface area contributed by atoms with E-state index in [2.05, 4.69) is 4.98 Å². The van der Waals surface area contributed by atoms with Gasteiger partial charge in [0.15, 0.2) is 5.15 Å². The summed E-state index contributed by atoms with van der Waals surface area (Å²) in [5.74, 6) is -1.34. The Morgan fingerprint density at radius 3 is 2.29 bits per heavy atom. The van der Waals surface area contributed by atoms with Crippen LogP contribution in [0.15, 0.2) is 24.3 Å². The van der Waals surface area contributed by atoms with E-state index in [4.69, 9.17) is 16.3 Å². The number of carbonyl (C=O) groups is 1. The Balaban J connectivity index is 2.33. The summed E-state index contributed by atoms with van der Waals surface area (Å²) in [5.41, 5.74) is -6.25. The van der Waals surface area contributed by atoms with Crippen molar-refractivity contribution in [3.63, 3.8) is 0 Å². The van der Waals surface area contributed by atoms with Crippen LogP contribution in [0.5, 0.6) is 10.9 Å². The minimum atomic E-state index is -5.95. The number of hydrogen-bond acceptors (Lipinski definition) is 6. The van der Waals surface area contributed by atoms with E-state index in [0.717, 1.165) is 24.3 Å². The van der Waals surface area contributed by atoms with Crippen LogP contribution in [-0.4, -0.2) is 24.8 Å². The SMILES string of the molecule is CCC(=O)N(c1ccc(Oc2nc(Cl)c(C(F)F)s2)cc1)S(=O)(=O)C(F)(F)F. The topological polar surface area (TPSA) is 76.6 Å². The zero-order chi connectivity index (χ0) is 21.3. The molecular weight excluding hydrogens is 455 g/mol. The smallest absolute Gasteiger partial charge is 0.431 e. The van der Waals surface area contributed by atoms with Crippen molar-refractivity contribution in [2.24, 2.45) is 0 Å². The number of rotatable bonds is 6. The summed E-state index contributed by atoms with van der Waals surface area (Å²) in [6.45, 7) is 1.20. The Morgan fingerprint density at radius 1 is 1.29 bits per heavy atom. The molecule has 28 heavy (non-hydrogen) atoms. The number of carbonyl (C=O) groups excluding carboxylic acids is 1. The number of anilines is 1. The van der Waals surface area contributed by atoms with Crippen molar-refractivity contribution in [2.45, 2.75) is 25.3 Å². The fourth-order valence-corrected chi connectivity index (χ4v) is 3.90. The number of ether oxygens (including phenoxy) is 1. The number of amides is 1. The van der Waals surface area contributed by atoms with E-state index in [-0.39, 0.29) is 15.2 Å². The van der Waals surface area contributed by atoms with Gasteiger partial charge in [-0.3, -0.25) is 4.79 Å². The van der Waals surface area contributed by atoms with Crippen molar-refractivity contribution >= 4 is 44.6 Å². The molecule has 0 aliphatic carbocycles. The van der Waals surface area contributed by atoms with Crippen LogP contribution in [0.3, 0.4) is 0 Å². The quantitative estimate of drug-likeness (QED) is 0.555. The average molecular weight is 465 g/mol. The van der Waals surface area contributed by atoms with Gasteiger partial charge in [-0.25, -0.2) is 8.78 Å². The summed E-state index contributed by atoms with van der Waals surface area (Å²) in [5, 5.41) is -0.708. The highest BCUT2D eigenvalue weighted by molar-refractivity contribution is 7.94. The molecule has 0 spiro atoms. The van der Waals surface area contributed by atoms with Gasteiger partial charge in [-0.1, -0.05) is 29.9 Å². The largest absolute Gasteiger partial charge is 0.517 e. The third-order valence-electron chi connectivity index (χ3n) is 3.13. The minimum Gasteiger partial charge on any atom is -0.431 e. The highest BCUT2D eigenvalue weighted by Crippen LogP contribution is 2.38. The molecule has 1 heterocycles. The molecule has 154 valence electrons. The molecule has 0 bridgehead atoms. The molecule has 1 amide bonds. The van der Waals surface area contributed by atoms with Crippen LogP contribution < -0.4 is 9.04 Å². The Labute approximate surface area is 164 Å². The number of hydrogen-bond donors (Lipinski definition) is 0. The first-order chi connectivity index (χ1) is 12.9. The molecule has 0 aliphatic heterocycles. The zero-order valence-corrected chi connectivity index (χ0v) is 16.1. The van der Waals surface area contributed by atoms with Crippen molar-refractivity contribution in [1.82, 2.24) is 4.98 Å². The van der Waals surface area contributed by atoms with Gasteiger partial charge in [0, 0.05) is 6.42 Å². The van der Waals surface area contributed by atoms with Gasteiger partial charge in [0.25, 0.3) is 11.6 Å². The zero-order valence-electron chi connectivity index (χ0n) is 13.7. The second-order valence-electron chi connectivity index (χ2n) is 4.99. The van der Waals surface area contributed by atoms with E-state index in [9.17, 15) is 35.2 Å². The van der Waals surface area contributed by atoms with Crippen LogP contribution >= 0.6 is 22.9 Å². The molecule has 0 saturated carbocycles. The summed E-state index contributed by atoms with van der Waals surface area (Å²) in [4.78, 5) is 14.9. The molecule has 0 saturated heterocycles. The maximum atomic E-state index is 12.9. The standard InChI is InChI=1S/C14H10ClF5N2O4S2/c1-2-9(23)22(28(24,25)14(18,19)20)7-3-5-8(6-4-7)26-13-21-11(15)10(27-13)12(16)17/h3-6,12H,2H2,1H3. The number of sulfonamides is 1. The minimum absolute atomic E-state index is 0.0525. The molecule has 1 aromatic carbocycles.